The van der Waals surface area contributed by atoms with Crippen LogP contribution in [0, 0.1) is 0 Å². The fourth-order valence-corrected chi connectivity index (χ4v) is 5.06. The van der Waals surface area contributed by atoms with Crippen molar-refractivity contribution >= 4 is 44.9 Å². The van der Waals surface area contributed by atoms with Crippen LogP contribution in [0.3, 0.4) is 0 Å². The number of halogens is 1. The molecule has 0 saturated carbocycles. The Hall–Kier alpha value is -3.41. The number of methoxy groups -OCH3 is 1. The van der Waals surface area contributed by atoms with Gasteiger partial charge in [0, 0.05) is 5.02 Å². The van der Waals surface area contributed by atoms with Crippen molar-refractivity contribution in [1.82, 2.24) is 14.8 Å². The molecule has 4 rings (SSSR count). The van der Waals surface area contributed by atoms with Crippen molar-refractivity contribution < 1.29 is 23.1 Å². The van der Waals surface area contributed by atoms with Gasteiger partial charge in [-0.15, -0.1) is 21.5 Å². The smallest absolute Gasteiger partial charge is 0.335 e. The summed E-state index contributed by atoms with van der Waals surface area (Å²) in [6.07, 6.45) is 0. The molecule has 0 radical (unpaired) electrons. The van der Waals surface area contributed by atoms with E-state index in [-0.39, 0.29) is 23.0 Å². The highest BCUT2D eigenvalue weighted by Crippen LogP contribution is 2.34. The van der Waals surface area contributed by atoms with Crippen LogP contribution in [-0.4, -0.2) is 41.4 Å². The van der Waals surface area contributed by atoms with E-state index in [9.17, 15) is 18.3 Å². The van der Waals surface area contributed by atoms with E-state index in [0.717, 1.165) is 0 Å². The van der Waals surface area contributed by atoms with Crippen LogP contribution in [0.25, 0.3) is 16.4 Å². The number of nitrogens with one attached hydrogen (secondary N) is 1. The number of rotatable bonds is 8. The normalized spacial score (nSPS) is 11.3. The maximum Gasteiger partial charge on any atom is 0.335 e. The summed E-state index contributed by atoms with van der Waals surface area (Å²) in [7, 11) is -2.47. The van der Waals surface area contributed by atoms with Crippen molar-refractivity contribution in [3.8, 4) is 22.1 Å². The lowest BCUT2D eigenvalue weighted by Gasteiger charge is -2.15. The summed E-state index contributed by atoms with van der Waals surface area (Å²) < 4.78 is 35.1. The number of carboxylic acid groups (broad SMARTS) is 1. The molecule has 2 aromatic heterocycles. The molecular weight excluding hydrogens is 488 g/mol. The molecule has 33 heavy (non-hydrogen) atoms. The third-order valence-corrected chi connectivity index (χ3v) is 6.91. The number of nitrogens with zero attached hydrogens (tertiary/aromatic N) is 3. The van der Waals surface area contributed by atoms with Gasteiger partial charge in [-0.2, -0.15) is 0 Å². The van der Waals surface area contributed by atoms with E-state index in [1.807, 2.05) is 11.4 Å². The van der Waals surface area contributed by atoms with Crippen molar-refractivity contribution in [3.05, 3.63) is 76.1 Å². The number of carboxylic acids is 1. The monoisotopic (exact) mass is 504 g/mol. The molecular formula is C21H17ClN4O5S2. The predicted octanol–water partition coefficient (Wildman–Crippen LogP) is 4.30. The zero-order valence-corrected chi connectivity index (χ0v) is 19.5. The van der Waals surface area contributed by atoms with Gasteiger partial charge in [0.25, 0.3) is 0 Å². The first-order chi connectivity index (χ1) is 15.8. The first-order valence-electron chi connectivity index (χ1n) is 9.43. The molecule has 0 saturated heterocycles. The van der Waals surface area contributed by atoms with Gasteiger partial charge in [0.2, 0.25) is 16.0 Å². The molecule has 0 bridgehead atoms. The second kappa shape index (κ2) is 9.22. The zero-order valence-electron chi connectivity index (χ0n) is 17.1. The van der Waals surface area contributed by atoms with Crippen LogP contribution in [-0.2, 0) is 15.8 Å². The Morgan fingerprint density at radius 1 is 1.18 bits per heavy atom. The molecule has 2 aromatic carbocycles. The molecule has 0 amide bonds. The van der Waals surface area contributed by atoms with Gasteiger partial charge in [-0.25, -0.2) is 13.2 Å². The molecule has 0 fully saturated rings. The van der Waals surface area contributed by atoms with Crippen molar-refractivity contribution in [3.63, 3.8) is 0 Å². The van der Waals surface area contributed by atoms with E-state index in [1.54, 1.807) is 30.3 Å². The Labute approximate surface area is 198 Å². The van der Waals surface area contributed by atoms with Gasteiger partial charge in [-0.05, 0) is 47.3 Å². The molecule has 0 aliphatic carbocycles. The maximum absolute atomic E-state index is 12.9. The van der Waals surface area contributed by atoms with Crippen molar-refractivity contribution in [2.24, 2.45) is 0 Å². The van der Waals surface area contributed by atoms with Crippen LogP contribution in [0.2, 0.25) is 5.02 Å². The highest BCUT2D eigenvalue weighted by molar-refractivity contribution is 7.91. The van der Waals surface area contributed by atoms with Crippen LogP contribution in [0.1, 0.15) is 15.9 Å². The predicted molar refractivity (Wildman–Crippen MR) is 126 cm³/mol. The average molecular weight is 505 g/mol. The summed E-state index contributed by atoms with van der Waals surface area (Å²) in [6.45, 7) is 0. The Morgan fingerprint density at radius 2 is 1.94 bits per heavy atom. The van der Waals surface area contributed by atoms with Gasteiger partial charge in [0.15, 0.2) is 5.82 Å². The van der Waals surface area contributed by atoms with Gasteiger partial charge < -0.3 is 9.84 Å². The standard InChI is InChI=1S/C21H17ClN4O5S2/c1-31-17-9-6-14(20(27)28)11-16(17)26-19(18-3-2-10-32-18)23-24-21(26)25-33(29,30)12-13-4-7-15(22)8-5-13/h2-11H,12H2,1H3,(H,24,25)(H,27,28). The van der Waals surface area contributed by atoms with Crippen molar-refractivity contribution in [2.75, 3.05) is 11.8 Å². The van der Waals surface area contributed by atoms with Crippen molar-refractivity contribution in [2.45, 2.75) is 5.75 Å². The van der Waals surface area contributed by atoms with Crippen LogP contribution in [0.4, 0.5) is 5.95 Å². The highest BCUT2D eigenvalue weighted by atomic mass is 35.5. The number of ether oxygens (including phenoxy) is 1. The number of thiophene rings is 1. The summed E-state index contributed by atoms with van der Waals surface area (Å²) in [5, 5.41) is 20.0. The van der Waals surface area contributed by atoms with E-state index in [1.165, 1.54) is 41.2 Å². The first-order valence-corrected chi connectivity index (χ1v) is 12.3. The summed E-state index contributed by atoms with van der Waals surface area (Å²) in [4.78, 5) is 12.3. The van der Waals surface area contributed by atoms with E-state index < -0.39 is 16.0 Å². The molecule has 170 valence electrons. The number of carbonyl (C=O) groups is 1. The minimum absolute atomic E-state index is 0.00778. The highest BCUT2D eigenvalue weighted by Gasteiger charge is 2.24. The SMILES string of the molecule is COc1ccc(C(=O)O)cc1-n1c(NS(=O)(=O)Cc2ccc(Cl)cc2)nnc1-c1cccs1. The second-order valence-corrected chi connectivity index (χ2v) is 9.95. The van der Waals surface area contributed by atoms with E-state index >= 15 is 0 Å². The molecule has 12 heteroatoms. The van der Waals surface area contributed by atoms with Crippen LogP contribution >= 0.6 is 22.9 Å². The number of anilines is 1. The van der Waals surface area contributed by atoms with Crippen molar-refractivity contribution in [1.29, 1.82) is 0 Å². The molecule has 0 aliphatic rings. The van der Waals surface area contributed by atoms with Gasteiger partial charge in [-0.1, -0.05) is 29.8 Å². The number of sulfonamides is 1. The van der Waals surface area contributed by atoms with Crippen LogP contribution < -0.4 is 9.46 Å². The Kier molecular flexibility index (Phi) is 6.36. The quantitative estimate of drug-likeness (QED) is 0.366. The fraction of sp³-hybridized carbons (Fsp3) is 0.0952. The molecule has 2 N–H and O–H groups in total. The molecule has 2 heterocycles. The van der Waals surface area contributed by atoms with E-state index in [2.05, 4.69) is 14.9 Å². The Bertz CT molecular complexity index is 1400. The molecule has 4 aromatic rings. The van der Waals surface area contributed by atoms with Gasteiger partial charge in [0.05, 0.1) is 29.0 Å². The second-order valence-electron chi connectivity index (χ2n) is 6.84. The number of aromatic carboxylic acids is 1. The first kappa shape index (κ1) is 22.8. The lowest BCUT2D eigenvalue weighted by molar-refractivity contribution is 0.0696. The summed E-state index contributed by atoms with van der Waals surface area (Å²) in [5.41, 5.74) is 0.795. The van der Waals surface area contributed by atoms with E-state index in [4.69, 9.17) is 16.3 Å². The molecule has 0 unspecified atom stereocenters. The fourth-order valence-electron chi connectivity index (χ4n) is 3.12. The lowest BCUT2D eigenvalue weighted by atomic mass is 10.2. The third kappa shape index (κ3) is 5.00. The number of aromatic nitrogens is 3. The molecule has 0 aliphatic heterocycles. The van der Waals surface area contributed by atoms with Gasteiger partial charge in [-0.3, -0.25) is 9.29 Å². The maximum atomic E-state index is 12.9. The summed E-state index contributed by atoms with van der Waals surface area (Å²) in [6, 6.07) is 14.3. The summed E-state index contributed by atoms with van der Waals surface area (Å²) in [5.74, 6) is -0.925. The topological polar surface area (TPSA) is 123 Å². The molecule has 0 spiro atoms. The number of benzene rings is 2. The molecule has 0 atom stereocenters. The van der Waals surface area contributed by atoms with Crippen LogP contribution in [0.15, 0.2) is 60.0 Å². The third-order valence-electron chi connectivity index (χ3n) is 4.59. The summed E-state index contributed by atoms with van der Waals surface area (Å²) >= 11 is 7.25. The minimum atomic E-state index is -3.90. The minimum Gasteiger partial charge on any atom is -0.495 e. The van der Waals surface area contributed by atoms with Gasteiger partial charge in [0.1, 0.15) is 5.75 Å². The average Bonchev–Trinajstić information content (AvgIpc) is 3.44. The number of hydrogen-bond acceptors (Lipinski definition) is 7. The van der Waals surface area contributed by atoms with E-state index in [0.29, 0.717) is 27.0 Å². The Morgan fingerprint density at radius 3 is 2.58 bits per heavy atom. The molecule has 9 nitrogen and oxygen atoms in total. The lowest BCUT2D eigenvalue weighted by Crippen LogP contribution is -2.18. The largest absolute Gasteiger partial charge is 0.495 e. The Balaban J connectivity index is 1.82. The zero-order chi connectivity index (χ0) is 23.6. The number of hydrogen-bond donors (Lipinski definition) is 2. The van der Waals surface area contributed by atoms with Crippen LogP contribution in [0.5, 0.6) is 5.75 Å². The van der Waals surface area contributed by atoms with Gasteiger partial charge >= 0.3 is 5.97 Å².